The molecule has 0 unspecified atom stereocenters. The van der Waals surface area contributed by atoms with Crippen molar-refractivity contribution in [2.75, 3.05) is 20.6 Å². The minimum absolute atomic E-state index is 0.00642. The average Bonchev–Trinajstić information content (AvgIpc) is 2.90. The van der Waals surface area contributed by atoms with Crippen LogP contribution in [0.3, 0.4) is 0 Å². The van der Waals surface area contributed by atoms with E-state index in [-0.39, 0.29) is 5.78 Å². The molecule has 0 radical (unpaired) electrons. The molecule has 2 heterocycles. The van der Waals surface area contributed by atoms with Gasteiger partial charge in [0.15, 0.2) is 0 Å². The minimum Gasteiger partial charge on any atom is -0.308 e. The monoisotopic (exact) mass is 419 g/mol. The highest BCUT2D eigenvalue weighted by Crippen LogP contribution is 2.30. The van der Waals surface area contributed by atoms with E-state index in [1.807, 2.05) is 27.1 Å². The normalized spacial score (nSPS) is 11.3. The third-order valence-electron chi connectivity index (χ3n) is 2.85. The summed E-state index contributed by atoms with van der Waals surface area (Å²) in [5.74, 6) is 0.00642. The van der Waals surface area contributed by atoms with Crippen LogP contribution in [0.4, 0.5) is 0 Å². The zero-order valence-corrected chi connectivity index (χ0v) is 15.5. The molecule has 0 bridgehead atoms. The maximum atomic E-state index is 12.6. The second kappa shape index (κ2) is 6.51. The van der Waals surface area contributed by atoms with Gasteiger partial charge in [0, 0.05) is 6.54 Å². The van der Waals surface area contributed by atoms with E-state index in [0.717, 1.165) is 25.2 Å². The van der Waals surface area contributed by atoms with Crippen LogP contribution in [0.25, 0.3) is 0 Å². The highest BCUT2D eigenvalue weighted by atomic mass is 79.9. The summed E-state index contributed by atoms with van der Waals surface area (Å²) < 4.78 is 3.50. The number of ketones is 1. The minimum atomic E-state index is 0.00642. The Labute approximate surface area is 139 Å². The molecule has 0 saturated carbocycles. The van der Waals surface area contributed by atoms with Crippen molar-refractivity contribution in [2.24, 2.45) is 0 Å². The number of likely N-dealkylation sites (N-methyl/N-ethyl adjacent to an activating group) is 1. The number of hydrogen-bond donors (Lipinski definition) is 0. The van der Waals surface area contributed by atoms with Crippen LogP contribution in [-0.2, 0) is 6.54 Å². The largest absolute Gasteiger partial charge is 0.308 e. The Morgan fingerprint density at radius 1 is 1.45 bits per heavy atom. The molecular formula is C13H15Br2N3OS. The van der Waals surface area contributed by atoms with Crippen LogP contribution in [0.1, 0.15) is 20.9 Å². The second-order valence-electron chi connectivity index (χ2n) is 4.76. The van der Waals surface area contributed by atoms with Gasteiger partial charge < -0.3 is 4.90 Å². The Bertz CT molecular complexity index is 614. The summed E-state index contributed by atoms with van der Waals surface area (Å²) in [4.78, 5) is 15.4. The maximum Gasteiger partial charge on any atom is 0.222 e. The van der Waals surface area contributed by atoms with Crippen molar-refractivity contribution in [3.8, 4) is 0 Å². The molecule has 0 saturated heterocycles. The van der Waals surface area contributed by atoms with Crippen LogP contribution >= 0.6 is 43.2 Å². The predicted octanol–water partition coefficient (Wildman–Crippen LogP) is 3.57. The van der Waals surface area contributed by atoms with Crippen LogP contribution in [0.15, 0.2) is 20.5 Å². The Hall–Kier alpha value is -0.500. The first-order valence-electron chi connectivity index (χ1n) is 6.07. The molecule has 0 atom stereocenters. The smallest absolute Gasteiger partial charge is 0.222 e. The summed E-state index contributed by atoms with van der Waals surface area (Å²) in [5.41, 5.74) is 1.69. The van der Waals surface area contributed by atoms with Gasteiger partial charge in [-0.1, -0.05) is 0 Å². The third-order valence-corrected chi connectivity index (χ3v) is 5.57. The number of aryl methyl sites for hydroxylation is 1. The van der Waals surface area contributed by atoms with E-state index in [1.165, 1.54) is 11.3 Å². The number of carbonyl (C=O) groups excluding carboxylic acids is 1. The number of nitrogens with zero attached hydrogens (tertiary/aromatic N) is 3. The highest BCUT2D eigenvalue weighted by Gasteiger charge is 2.21. The van der Waals surface area contributed by atoms with E-state index in [2.05, 4.69) is 41.9 Å². The maximum absolute atomic E-state index is 12.6. The van der Waals surface area contributed by atoms with Gasteiger partial charge in [-0.15, -0.1) is 11.3 Å². The van der Waals surface area contributed by atoms with E-state index < -0.39 is 0 Å². The number of carbonyl (C=O) groups is 1. The zero-order valence-electron chi connectivity index (χ0n) is 11.5. The van der Waals surface area contributed by atoms with Gasteiger partial charge in [-0.3, -0.25) is 9.48 Å². The summed E-state index contributed by atoms with van der Waals surface area (Å²) in [6.45, 7) is 3.50. The van der Waals surface area contributed by atoms with Crippen molar-refractivity contribution in [2.45, 2.75) is 13.5 Å². The van der Waals surface area contributed by atoms with Crippen molar-refractivity contribution >= 4 is 49.0 Å². The lowest BCUT2D eigenvalue weighted by molar-refractivity contribution is 0.103. The molecule has 0 N–H and O–H groups in total. The lowest BCUT2D eigenvalue weighted by Crippen LogP contribution is -2.21. The van der Waals surface area contributed by atoms with Crippen molar-refractivity contribution in [1.29, 1.82) is 0 Å². The molecule has 2 aromatic heterocycles. The summed E-state index contributed by atoms with van der Waals surface area (Å²) in [5, 5.41) is 4.28. The third kappa shape index (κ3) is 3.39. The second-order valence-corrected chi connectivity index (χ2v) is 7.99. The van der Waals surface area contributed by atoms with E-state index >= 15 is 0 Å². The highest BCUT2D eigenvalue weighted by molar-refractivity contribution is 9.11. The van der Waals surface area contributed by atoms with E-state index in [0.29, 0.717) is 12.2 Å². The van der Waals surface area contributed by atoms with Gasteiger partial charge in [0.1, 0.15) is 5.69 Å². The van der Waals surface area contributed by atoms with E-state index in [4.69, 9.17) is 0 Å². The fourth-order valence-electron chi connectivity index (χ4n) is 1.74. The van der Waals surface area contributed by atoms with E-state index in [9.17, 15) is 4.79 Å². The molecule has 0 spiro atoms. The lowest BCUT2D eigenvalue weighted by atomic mass is 10.2. The van der Waals surface area contributed by atoms with Crippen LogP contribution in [-0.4, -0.2) is 41.1 Å². The summed E-state index contributed by atoms with van der Waals surface area (Å²) in [6.07, 6.45) is 1.68. The van der Waals surface area contributed by atoms with Crippen molar-refractivity contribution in [3.05, 3.63) is 36.7 Å². The molecule has 0 amide bonds. The molecule has 2 rings (SSSR count). The van der Waals surface area contributed by atoms with Gasteiger partial charge in [0.05, 0.1) is 25.9 Å². The molecular weight excluding hydrogens is 406 g/mol. The van der Waals surface area contributed by atoms with Crippen LogP contribution < -0.4 is 0 Å². The topological polar surface area (TPSA) is 38.1 Å². The number of rotatable bonds is 5. The Kier molecular flexibility index (Phi) is 5.17. The van der Waals surface area contributed by atoms with Gasteiger partial charge in [0.2, 0.25) is 5.78 Å². The van der Waals surface area contributed by atoms with Crippen LogP contribution in [0, 0.1) is 6.92 Å². The standard InChI is InChI=1S/C13H15Br2N3OS/c1-8-6-10(20-13(8)15)12(19)11-9(14)7-16-18(11)5-4-17(2)3/h6-7H,4-5H2,1-3H3. The Balaban J connectivity index is 2.31. The summed E-state index contributed by atoms with van der Waals surface area (Å²) in [6, 6.07) is 1.91. The molecule has 0 aliphatic heterocycles. The average molecular weight is 421 g/mol. The van der Waals surface area contributed by atoms with Crippen LogP contribution in [0.5, 0.6) is 0 Å². The van der Waals surface area contributed by atoms with Crippen molar-refractivity contribution < 1.29 is 4.79 Å². The number of thiophene rings is 1. The van der Waals surface area contributed by atoms with Gasteiger partial charge in [-0.05, 0) is 64.5 Å². The first-order valence-corrected chi connectivity index (χ1v) is 8.47. The molecule has 108 valence electrons. The number of halogens is 2. The van der Waals surface area contributed by atoms with Gasteiger partial charge >= 0.3 is 0 Å². The Morgan fingerprint density at radius 3 is 2.70 bits per heavy atom. The predicted molar refractivity (Wildman–Crippen MR) is 88.7 cm³/mol. The molecule has 2 aromatic rings. The Morgan fingerprint density at radius 2 is 2.15 bits per heavy atom. The molecule has 0 aromatic carbocycles. The fraction of sp³-hybridized carbons (Fsp3) is 0.385. The van der Waals surface area contributed by atoms with E-state index in [1.54, 1.807) is 10.9 Å². The molecule has 0 aliphatic carbocycles. The summed E-state index contributed by atoms with van der Waals surface area (Å²) in [7, 11) is 4.00. The molecule has 4 nitrogen and oxygen atoms in total. The fourth-order valence-corrected chi connectivity index (χ4v) is 3.69. The van der Waals surface area contributed by atoms with Crippen molar-refractivity contribution in [3.63, 3.8) is 0 Å². The van der Waals surface area contributed by atoms with Gasteiger partial charge in [-0.25, -0.2) is 0 Å². The van der Waals surface area contributed by atoms with Gasteiger partial charge in [-0.2, -0.15) is 5.10 Å². The van der Waals surface area contributed by atoms with Crippen molar-refractivity contribution in [1.82, 2.24) is 14.7 Å². The molecule has 0 fully saturated rings. The molecule has 20 heavy (non-hydrogen) atoms. The lowest BCUT2D eigenvalue weighted by Gasteiger charge is -2.11. The first kappa shape index (κ1) is 15.9. The number of hydrogen-bond acceptors (Lipinski definition) is 4. The molecule has 0 aliphatic rings. The zero-order chi connectivity index (χ0) is 14.9. The quantitative estimate of drug-likeness (QED) is 0.694. The van der Waals surface area contributed by atoms with Crippen LogP contribution in [0.2, 0.25) is 0 Å². The number of aromatic nitrogens is 2. The SMILES string of the molecule is Cc1cc(C(=O)c2c(Br)cnn2CCN(C)C)sc1Br. The first-order chi connectivity index (χ1) is 9.40. The molecule has 7 heteroatoms. The van der Waals surface area contributed by atoms with Gasteiger partial charge in [0.25, 0.3) is 0 Å². The summed E-state index contributed by atoms with van der Waals surface area (Å²) >= 11 is 8.34.